The van der Waals surface area contributed by atoms with Gasteiger partial charge in [0.1, 0.15) is 5.60 Å². The molecule has 0 saturated carbocycles. The van der Waals surface area contributed by atoms with Gasteiger partial charge in [0.25, 0.3) is 5.91 Å². The van der Waals surface area contributed by atoms with Crippen LogP contribution in [-0.2, 0) is 4.74 Å². The number of halogens is 2. The monoisotopic (exact) mass is 470 g/mol. The third-order valence-corrected chi connectivity index (χ3v) is 5.95. The molecular weight excluding hydrogens is 451 g/mol. The summed E-state index contributed by atoms with van der Waals surface area (Å²) in [5.74, 6) is -0.979. The molecule has 0 bridgehead atoms. The quantitative estimate of drug-likeness (QED) is 0.482. The molecule has 2 heterocycles. The minimum Gasteiger partial charge on any atom is -0.494 e. The van der Waals surface area contributed by atoms with Gasteiger partial charge in [0.2, 0.25) is 5.88 Å². The maximum absolute atomic E-state index is 13.2. The van der Waals surface area contributed by atoms with Gasteiger partial charge in [-0.25, -0.2) is 14.4 Å². The Hall–Kier alpha value is -3.09. The van der Waals surface area contributed by atoms with Gasteiger partial charge < -0.3 is 9.84 Å². The van der Waals surface area contributed by atoms with E-state index in [1.54, 1.807) is 62.4 Å². The van der Waals surface area contributed by atoms with Gasteiger partial charge in [0.05, 0.1) is 22.5 Å². The molecule has 0 aliphatic carbocycles. The van der Waals surface area contributed by atoms with Gasteiger partial charge in [0, 0.05) is 15.6 Å². The predicted octanol–water partition coefficient (Wildman–Crippen LogP) is 6.33. The first-order chi connectivity index (χ1) is 15.1. The maximum Gasteiger partial charge on any atom is 0.421 e. The van der Waals surface area contributed by atoms with E-state index >= 15 is 0 Å². The molecule has 0 fully saturated rings. The lowest BCUT2D eigenvalue weighted by atomic mass is 10.0. The molecule has 8 heteroatoms. The molecule has 0 radical (unpaired) electrons. The van der Waals surface area contributed by atoms with Crippen molar-refractivity contribution in [1.82, 2.24) is 4.57 Å². The second kappa shape index (κ2) is 8.11. The second-order valence-corrected chi connectivity index (χ2v) is 8.89. The van der Waals surface area contributed by atoms with Gasteiger partial charge in [0.15, 0.2) is 0 Å². The Morgan fingerprint density at radius 1 is 1.00 bits per heavy atom. The van der Waals surface area contributed by atoms with Crippen LogP contribution in [0.5, 0.6) is 5.88 Å². The molecular formula is C24H20Cl2N2O4. The standard InChI is InChI=1S/C24H20Cl2N2O4/c1-4-24(2,3)32-23(31)28-20(14-7-11-16(26)12-8-14)18-17(22(28)30)19(27-21(18)29)13-5-9-15(25)10-6-13/h5-12,30H,4H2,1-3H3. The first-order valence-electron chi connectivity index (χ1n) is 9.99. The summed E-state index contributed by atoms with van der Waals surface area (Å²) in [4.78, 5) is 30.3. The van der Waals surface area contributed by atoms with Crippen LogP contribution in [0.15, 0.2) is 53.5 Å². The molecule has 0 unspecified atom stereocenters. The fraction of sp³-hybridized carbons (Fsp3) is 0.208. The van der Waals surface area contributed by atoms with Crippen molar-refractivity contribution in [1.29, 1.82) is 0 Å². The Balaban J connectivity index is 1.95. The van der Waals surface area contributed by atoms with Crippen LogP contribution < -0.4 is 0 Å². The number of nitrogens with zero attached hydrogens (tertiary/aromatic N) is 2. The average molecular weight is 471 g/mol. The van der Waals surface area contributed by atoms with Crippen LogP contribution >= 0.6 is 23.2 Å². The van der Waals surface area contributed by atoms with E-state index in [0.717, 1.165) is 4.57 Å². The molecule has 0 atom stereocenters. The zero-order valence-electron chi connectivity index (χ0n) is 17.6. The Labute approximate surface area is 195 Å². The topological polar surface area (TPSA) is 80.9 Å². The summed E-state index contributed by atoms with van der Waals surface area (Å²) in [6.45, 7) is 5.43. The van der Waals surface area contributed by atoms with E-state index in [9.17, 15) is 14.7 Å². The highest BCUT2D eigenvalue weighted by molar-refractivity contribution is 6.33. The van der Waals surface area contributed by atoms with E-state index < -0.39 is 23.5 Å². The lowest BCUT2D eigenvalue weighted by molar-refractivity contribution is 0.0365. The molecule has 1 amide bonds. The molecule has 4 rings (SSSR count). The van der Waals surface area contributed by atoms with E-state index in [1.807, 2.05) is 6.92 Å². The number of fused-ring (bicyclic) bond motifs is 1. The minimum atomic E-state index is -0.794. The summed E-state index contributed by atoms with van der Waals surface area (Å²) in [7, 11) is 0. The number of carbonyl (C=O) groups is 2. The van der Waals surface area contributed by atoms with Crippen molar-refractivity contribution in [3.05, 3.63) is 75.3 Å². The van der Waals surface area contributed by atoms with Crippen molar-refractivity contribution < 1.29 is 19.4 Å². The van der Waals surface area contributed by atoms with Crippen molar-refractivity contribution in [3.63, 3.8) is 0 Å². The number of rotatable bonds is 4. The fourth-order valence-electron chi connectivity index (χ4n) is 3.44. The van der Waals surface area contributed by atoms with E-state index in [4.69, 9.17) is 27.9 Å². The molecule has 1 aromatic heterocycles. The third kappa shape index (κ3) is 3.80. The highest BCUT2D eigenvalue weighted by Crippen LogP contribution is 2.41. The first-order valence-corrected chi connectivity index (χ1v) is 10.7. The molecule has 3 aromatic rings. The number of benzene rings is 2. The van der Waals surface area contributed by atoms with E-state index in [2.05, 4.69) is 4.99 Å². The lowest BCUT2D eigenvalue weighted by Gasteiger charge is -2.24. The van der Waals surface area contributed by atoms with Crippen LogP contribution in [0.2, 0.25) is 10.0 Å². The Morgan fingerprint density at radius 3 is 2.06 bits per heavy atom. The third-order valence-electron chi connectivity index (χ3n) is 5.44. The average Bonchev–Trinajstić information content (AvgIpc) is 3.24. The van der Waals surface area contributed by atoms with Crippen LogP contribution in [0.3, 0.4) is 0 Å². The van der Waals surface area contributed by atoms with Crippen molar-refractivity contribution in [2.75, 3.05) is 0 Å². The Morgan fingerprint density at radius 2 is 1.53 bits per heavy atom. The normalized spacial score (nSPS) is 13.2. The lowest BCUT2D eigenvalue weighted by Crippen LogP contribution is -2.30. The smallest absolute Gasteiger partial charge is 0.421 e. The number of amides is 1. The summed E-state index contributed by atoms with van der Waals surface area (Å²) >= 11 is 12.0. The van der Waals surface area contributed by atoms with Crippen LogP contribution in [0.1, 0.15) is 48.7 Å². The minimum absolute atomic E-state index is 0.126. The van der Waals surface area contributed by atoms with Crippen molar-refractivity contribution in [2.45, 2.75) is 32.8 Å². The highest BCUT2D eigenvalue weighted by atomic mass is 35.5. The number of aliphatic imine (C=N–C) groups is 1. The summed E-state index contributed by atoms with van der Waals surface area (Å²) in [6.07, 6.45) is -0.232. The number of aromatic nitrogens is 1. The van der Waals surface area contributed by atoms with Gasteiger partial charge in [-0.05, 0) is 50.1 Å². The van der Waals surface area contributed by atoms with Crippen molar-refractivity contribution >= 4 is 40.9 Å². The van der Waals surface area contributed by atoms with Crippen molar-refractivity contribution in [3.8, 4) is 17.1 Å². The number of hydrogen-bond donors (Lipinski definition) is 1. The zero-order chi connectivity index (χ0) is 23.2. The SMILES string of the molecule is CCC(C)(C)OC(=O)n1c(O)c2c(c1-c1ccc(Cl)cc1)C(=O)N=C2c1ccc(Cl)cc1. The van der Waals surface area contributed by atoms with E-state index in [1.165, 1.54) is 0 Å². The fourth-order valence-corrected chi connectivity index (χ4v) is 3.69. The molecule has 0 saturated heterocycles. The van der Waals surface area contributed by atoms with Crippen LogP contribution in [0.25, 0.3) is 11.3 Å². The van der Waals surface area contributed by atoms with Crippen LogP contribution in [0, 0.1) is 0 Å². The molecule has 1 N–H and O–H groups in total. The van der Waals surface area contributed by atoms with E-state index in [0.29, 0.717) is 27.6 Å². The number of carbonyl (C=O) groups excluding carboxylic acids is 2. The maximum atomic E-state index is 13.2. The summed E-state index contributed by atoms with van der Waals surface area (Å²) in [6, 6.07) is 13.3. The largest absolute Gasteiger partial charge is 0.494 e. The molecule has 6 nitrogen and oxygen atoms in total. The molecule has 1 aliphatic rings. The van der Waals surface area contributed by atoms with E-state index in [-0.39, 0.29) is 22.5 Å². The van der Waals surface area contributed by atoms with Gasteiger partial charge in [-0.3, -0.25) is 4.79 Å². The summed E-state index contributed by atoms with van der Waals surface area (Å²) < 4.78 is 6.66. The molecule has 2 aromatic carbocycles. The molecule has 1 aliphatic heterocycles. The molecule has 164 valence electrons. The van der Waals surface area contributed by atoms with Crippen LogP contribution in [0.4, 0.5) is 4.79 Å². The first kappa shape index (κ1) is 22.1. The van der Waals surface area contributed by atoms with Gasteiger partial charge >= 0.3 is 6.09 Å². The Kier molecular flexibility index (Phi) is 5.61. The molecule has 32 heavy (non-hydrogen) atoms. The Bertz CT molecular complexity index is 1260. The number of ether oxygens (including phenoxy) is 1. The van der Waals surface area contributed by atoms with Gasteiger partial charge in [-0.1, -0.05) is 54.4 Å². The second-order valence-electron chi connectivity index (χ2n) is 8.02. The van der Waals surface area contributed by atoms with Gasteiger partial charge in [-0.2, -0.15) is 0 Å². The zero-order valence-corrected chi connectivity index (χ0v) is 19.2. The number of hydrogen-bond acceptors (Lipinski definition) is 4. The number of aromatic hydroxyl groups is 1. The highest BCUT2D eigenvalue weighted by Gasteiger charge is 2.39. The summed E-state index contributed by atoms with van der Waals surface area (Å²) in [5.41, 5.74) is 1.08. The van der Waals surface area contributed by atoms with Crippen molar-refractivity contribution in [2.24, 2.45) is 4.99 Å². The van der Waals surface area contributed by atoms with Crippen LogP contribution in [-0.4, -0.2) is 33.0 Å². The van der Waals surface area contributed by atoms with Gasteiger partial charge in [-0.15, -0.1) is 0 Å². The predicted molar refractivity (Wildman–Crippen MR) is 124 cm³/mol. The molecule has 0 spiro atoms. The summed E-state index contributed by atoms with van der Waals surface area (Å²) in [5, 5.41) is 12.2.